The zero-order valence-corrected chi connectivity index (χ0v) is 20.6. The Bertz CT molecular complexity index is 1120. The first kappa shape index (κ1) is 24.3. The monoisotopic (exact) mass is 482 g/mol. The van der Waals surface area contributed by atoms with E-state index in [2.05, 4.69) is 30.1 Å². The second-order valence-electron chi connectivity index (χ2n) is 8.56. The van der Waals surface area contributed by atoms with E-state index in [9.17, 15) is 9.18 Å². The fraction of sp³-hybridized carbons (Fsp3) is 0.423. The number of aromatic nitrogens is 3. The van der Waals surface area contributed by atoms with E-state index in [4.69, 9.17) is 4.74 Å². The Morgan fingerprint density at radius 3 is 2.74 bits per heavy atom. The molecule has 0 aliphatic carbocycles. The number of thioether (sulfide) groups is 1. The highest BCUT2D eigenvalue weighted by Gasteiger charge is 2.30. The number of para-hydroxylation sites is 2. The van der Waals surface area contributed by atoms with Crippen LogP contribution in [0.15, 0.2) is 53.7 Å². The van der Waals surface area contributed by atoms with Crippen molar-refractivity contribution < 1.29 is 13.9 Å². The number of rotatable bonds is 11. The van der Waals surface area contributed by atoms with E-state index < -0.39 is 5.82 Å². The minimum absolute atomic E-state index is 0.0622. The number of anilines is 1. The number of fused-ring (bicyclic) bond motifs is 1. The maximum Gasteiger partial charge on any atom is 0.237 e. The number of ether oxygens (including phenoxy) is 1. The van der Waals surface area contributed by atoms with Gasteiger partial charge in [0.25, 0.3) is 0 Å². The highest BCUT2D eigenvalue weighted by Crippen LogP contribution is 2.33. The Morgan fingerprint density at radius 1 is 1.12 bits per heavy atom. The first-order valence-electron chi connectivity index (χ1n) is 11.9. The molecule has 6 nitrogen and oxygen atoms in total. The Hall–Kier alpha value is -2.87. The molecule has 1 aliphatic rings. The van der Waals surface area contributed by atoms with Crippen molar-refractivity contribution in [2.45, 2.75) is 70.3 Å². The van der Waals surface area contributed by atoms with Crippen LogP contribution in [0.1, 0.15) is 50.9 Å². The van der Waals surface area contributed by atoms with Gasteiger partial charge in [-0.1, -0.05) is 68.3 Å². The predicted molar refractivity (Wildman–Crippen MR) is 133 cm³/mol. The smallest absolute Gasteiger partial charge is 0.237 e. The largest absolute Gasteiger partial charge is 0.483 e. The summed E-state index contributed by atoms with van der Waals surface area (Å²) in [6, 6.07) is 14.6. The first-order chi connectivity index (χ1) is 16.6. The number of hydrogen-bond donors (Lipinski definition) is 0. The summed E-state index contributed by atoms with van der Waals surface area (Å²) < 4.78 is 21.7. The SMILES string of the molecule is CCCCCCn1c(COc2ccccc2F)nnc1SCC(=O)N1c2ccccc2C[C@H]1C. The van der Waals surface area contributed by atoms with Gasteiger partial charge in [-0.25, -0.2) is 4.39 Å². The number of hydrogen-bond acceptors (Lipinski definition) is 5. The molecule has 8 heteroatoms. The molecule has 2 aromatic carbocycles. The molecule has 1 aromatic heterocycles. The normalized spacial score (nSPS) is 14.9. The average molecular weight is 483 g/mol. The third-order valence-electron chi connectivity index (χ3n) is 6.02. The molecule has 0 unspecified atom stereocenters. The second-order valence-corrected chi connectivity index (χ2v) is 9.51. The van der Waals surface area contributed by atoms with Crippen LogP contribution < -0.4 is 9.64 Å². The second kappa shape index (κ2) is 11.5. The van der Waals surface area contributed by atoms with Gasteiger partial charge in [0.05, 0.1) is 5.75 Å². The van der Waals surface area contributed by atoms with Gasteiger partial charge in [0, 0.05) is 18.3 Å². The van der Waals surface area contributed by atoms with Gasteiger partial charge in [0.2, 0.25) is 5.91 Å². The molecule has 0 spiro atoms. The van der Waals surface area contributed by atoms with E-state index >= 15 is 0 Å². The van der Waals surface area contributed by atoms with Gasteiger partial charge in [0.1, 0.15) is 6.61 Å². The molecule has 2 heterocycles. The Kier molecular flexibility index (Phi) is 8.21. The van der Waals surface area contributed by atoms with Gasteiger partial charge < -0.3 is 14.2 Å². The minimum Gasteiger partial charge on any atom is -0.483 e. The van der Waals surface area contributed by atoms with Crippen LogP contribution in [0.4, 0.5) is 10.1 Å². The first-order valence-corrected chi connectivity index (χ1v) is 12.9. The highest BCUT2D eigenvalue weighted by molar-refractivity contribution is 7.99. The summed E-state index contributed by atoms with van der Waals surface area (Å²) in [5.74, 6) is 0.757. The van der Waals surface area contributed by atoms with Crippen LogP contribution in [-0.2, 0) is 24.4 Å². The fourth-order valence-electron chi connectivity index (χ4n) is 4.30. The van der Waals surface area contributed by atoms with Crippen molar-refractivity contribution in [2.75, 3.05) is 10.7 Å². The summed E-state index contributed by atoms with van der Waals surface area (Å²) in [5.41, 5.74) is 2.21. The quantitative estimate of drug-likeness (QED) is 0.261. The summed E-state index contributed by atoms with van der Waals surface area (Å²) >= 11 is 1.40. The molecule has 0 radical (unpaired) electrons. The van der Waals surface area contributed by atoms with Crippen molar-refractivity contribution in [3.63, 3.8) is 0 Å². The molecule has 0 saturated carbocycles. The molecule has 1 atom stereocenters. The lowest BCUT2D eigenvalue weighted by atomic mass is 10.1. The number of carbonyl (C=O) groups is 1. The standard InChI is InChI=1S/C26H31FN4O2S/c1-3-4-5-10-15-30-24(17-33-23-14-9-7-12-21(23)27)28-29-26(30)34-18-25(32)31-19(2)16-20-11-6-8-13-22(20)31/h6-9,11-14,19H,3-5,10,15-18H2,1-2H3/t19-/m1/s1. The van der Waals surface area contributed by atoms with Crippen molar-refractivity contribution in [1.29, 1.82) is 0 Å². The van der Waals surface area contributed by atoms with Crippen LogP contribution in [0.3, 0.4) is 0 Å². The van der Waals surface area contributed by atoms with Gasteiger partial charge >= 0.3 is 0 Å². The maximum absolute atomic E-state index is 14.0. The van der Waals surface area contributed by atoms with E-state index in [-0.39, 0.29) is 30.1 Å². The van der Waals surface area contributed by atoms with Crippen molar-refractivity contribution in [2.24, 2.45) is 0 Å². The highest BCUT2D eigenvalue weighted by atomic mass is 32.2. The lowest BCUT2D eigenvalue weighted by Crippen LogP contribution is -2.37. The number of benzene rings is 2. The van der Waals surface area contributed by atoms with Crippen LogP contribution >= 0.6 is 11.8 Å². The fourth-order valence-corrected chi connectivity index (χ4v) is 5.14. The maximum atomic E-state index is 14.0. The Balaban J connectivity index is 1.45. The average Bonchev–Trinajstić information content (AvgIpc) is 3.39. The molecule has 180 valence electrons. The van der Waals surface area contributed by atoms with Gasteiger partial charge in [-0.05, 0) is 43.5 Å². The molecular formula is C26H31FN4O2S. The molecule has 3 aromatic rings. The predicted octanol–water partition coefficient (Wildman–Crippen LogP) is 5.65. The van der Waals surface area contributed by atoms with Crippen LogP contribution in [-0.4, -0.2) is 32.5 Å². The van der Waals surface area contributed by atoms with Crippen molar-refractivity contribution in [1.82, 2.24) is 14.8 Å². The number of halogens is 1. The topological polar surface area (TPSA) is 60.2 Å². The van der Waals surface area contributed by atoms with E-state index in [1.807, 2.05) is 27.7 Å². The lowest BCUT2D eigenvalue weighted by molar-refractivity contribution is -0.116. The summed E-state index contributed by atoms with van der Waals surface area (Å²) in [7, 11) is 0. The van der Waals surface area contributed by atoms with E-state index in [0.29, 0.717) is 11.0 Å². The third kappa shape index (κ3) is 5.60. The van der Waals surface area contributed by atoms with Gasteiger partial charge in [-0.2, -0.15) is 0 Å². The molecule has 0 bridgehead atoms. The van der Waals surface area contributed by atoms with Crippen LogP contribution in [0.2, 0.25) is 0 Å². The van der Waals surface area contributed by atoms with Gasteiger partial charge in [-0.15, -0.1) is 10.2 Å². The summed E-state index contributed by atoms with van der Waals surface area (Å²) in [6.07, 6.45) is 5.27. The number of amides is 1. The van der Waals surface area contributed by atoms with Crippen LogP contribution in [0.25, 0.3) is 0 Å². The molecule has 1 aliphatic heterocycles. The third-order valence-corrected chi connectivity index (χ3v) is 6.97. The molecule has 0 N–H and O–H groups in total. The summed E-state index contributed by atoms with van der Waals surface area (Å²) in [5, 5.41) is 9.34. The molecule has 4 rings (SSSR count). The van der Waals surface area contributed by atoms with Crippen LogP contribution in [0, 0.1) is 5.82 Å². The van der Waals surface area contributed by atoms with Gasteiger partial charge in [0.15, 0.2) is 22.5 Å². The molecule has 34 heavy (non-hydrogen) atoms. The molecule has 0 fully saturated rings. The van der Waals surface area contributed by atoms with Crippen molar-refractivity contribution >= 4 is 23.4 Å². The lowest BCUT2D eigenvalue weighted by Gasteiger charge is -2.22. The van der Waals surface area contributed by atoms with Crippen LogP contribution in [0.5, 0.6) is 5.75 Å². The molecule has 1 amide bonds. The summed E-state index contributed by atoms with van der Waals surface area (Å²) in [4.78, 5) is 15.0. The van der Waals surface area contributed by atoms with E-state index in [0.717, 1.165) is 44.3 Å². The van der Waals surface area contributed by atoms with Gasteiger partial charge in [-0.3, -0.25) is 4.79 Å². The van der Waals surface area contributed by atoms with Crippen molar-refractivity contribution in [3.05, 3.63) is 65.7 Å². The Labute approximate surface area is 204 Å². The van der Waals surface area contributed by atoms with Crippen molar-refractivity contribution in [3.8, 4) is 5.75 Å². The zero-order valence-electron chi connectivity index (χ0n) is 19.7. The summed E-state index contributed by atoms with van der Waals surface area (Å²) in [6.45, 7) is 5.11. The molecular weight excluding hydrogens is 451 g/mol. The minimum atomic E-state index is -0.406. The number of unbranched alkanes of at least 4 members (excludes halogenated alkanes) is 3. The van der Waals surface area contributed by atoms with E-state index in [1.165, 1.54) is 23.4 Å². The zero-order chi connectivity index (χ0) is 23.9. The molecule has 0 saturated heterocycles. The van der Waals surface area contributed by atoms with E-state index in [1.54, 1.807) is 18.2 Å². The number of carbonyl (C=O) groups excluding carboxylic acids is 1. The number of nitrogens with zero attached hydrogens (tertiary/aromatic N) is 4. The Morgan fingerprint density at radius 2 is 1.91 bits per heavy atom.